The van der Waals surface area contributed by atoms with Crippen LogP contribution in [-0.4, -0.2) is 22.6 Å². The molecule has 2 rings (SSSR count). The van der Waals surface area contributed by atoms with Crippen LogP contribution >= 0.6 is 0 Å². The molecule has 1 aliphatic rings. The topological polar surface area (TPSA) is 49.8 Å². The van der Waals surface area contributed by atoms with Gasteiger partial charge in [0.1, 0.15) is 17.5 Å². The van der Waals surface area contributed by atoms with E-state index in [-0.39, 0.29) is 0 Å². The highest BCUT2D eigenvalue weighted by molar-refractivity contribution is 5.57. The van der Waals surface area contributed by atoms with Gasteiger partial charge in [-0.2, -0.15) is 0 Å². The number of aryl methyl sites for hydroxylation is 1. The van der Waals surface area contributed by atoms with E-state index in [0.29, 0.717) is 6.04 Å². The maximum atomic E-state index is 4.76. The molecule has 4 heteroatoms. The molecule has 1 fully saturated rings. The molecule has 4 nitrogen and oxygen atoms in total. The summed E-state index contributed by atoms with van der Waals surface area (Å²) < 4.78 is 0. The second-order valence-electron chi connectivity index (χ2n) is 6.17. The van der Waals surface area contributed by atoms with Crippen molar-refractivity contribution in [2.45, 2.75) is 72.3 Å². The van der Waals surface area contributed by atoms with Crippen LogP contribution in [0.15, 0.2) is 0 Å². The quantitative estimate of drug-likeness (QED) is 0.717. The lowest BCUT2D eigenvalue weighted by Crippen LogP contribution is -2.22. The van der Waals surface area contributed by atoms with E-state index in [1.807, 2.05) is 0 Å². The summed E-state index contributed by atoms with van der Waals surface area (Å²) in [6.45, 7) is 9.54. The second kappa shape index (κ2) is 7.62. The standard InChI is InChI=1S/C17H30N4/c1-5-8-15-20-16(18-7-3)12(4)17(21-15)19-14(6-2)11-13-9-10-13/h13-14H,5-11H2,1-4H3,(H2,18,19,20,21). The van der Waals surface area contributed by atoms with Crippen LogP contribution in [0.5, 0.6) is 0 Å². The zero-order chi connectivity index (χ0) is 15.2. The van der Waals surface area contributed by atoms with Crippen molar-refractivity contribution >= 4 is 11.6 Å². The normalized spacial score (nSPS) is 15.8. The number of aromatic nitrogens is 2. The summed E-state index contributed by atoms with van der Waals surface area (Å²) in [7, 11) is 0. The largest absolute Gasteiger partial charge is 0.370 e. The van der Waals surface area contributed by atoms with E-state index in [1.54, 1.807) is 0 Å². The van der Waals surface area contributed by atoms with Gasteiger partial charge in [-0.25, -0.2) is 9.97 Å². The van der Waals surface area contributed by atoms with Crippen molar-refractivity contribution in [1.29, 1.82) is 0 Å². The summed E-state index contributed by atoms with van der Waals surface area (Å²) in [4.78, 5) is 9.41. The van der Waals surface area contributed by atoms with Crippen LogP contribution in [0.1, 0.15) is 64.3 Å². The summed E-state index contributed by atoms with van der Waals surface area (Å²) in [5.74, 6) is 3.90. The molecule has 118 valence electrons. The summed E-state index contributed by atoms with van der Waals surface area (Å²) in [5, 5.41) is 7.04. The number of rotatable bonds is 9. The third-order valence-electron chi connectivity index (χ3n) is 4.16. The molecule has 1 aliphatic carbocycles. The molecule has 1 unspecified atom stereocenters. The van der Waals surface area contributed by atoms with Crippen LogP contribution in [0, 0.1) is 12.8 Å². The molecule has 0 amide bonds. The fourth-order valence-electron chi connectivity index (χ4n) is 2.66. The maximum absolute atomic E-state index is 4.76. The summed E-state index contributed by atoms with van der Waals surface area (Å²) in [6, 6.07) is 0.537. The molecule has 0 aromatic carbocycles. The first-order valence-corrected chi connectivity index (χ1v) is 8.55. The monoisotopic (exact) mass is 290 g/mol. The smallest absolute Gasteiger partial charge is 0.134 e. The van der Waals surface area contributed by atoms with Crippen LogP contribution in [0.2, 0.25) is 0 Å². The molecule has 1 saturated carbocycles. The van der Waals surface area contributed by atoms with Crippen molar-refractivity contribution in [3.05, 3.63) is 11.4 Å². The van der Waals surface area contributed by atoms with Gasteiger partial charge in [0.2, 0.25) is 0 Å². The molecule has 1 atom stereocenters. The molecular weight excluding hydrogens is 260 g/mol. The SMILES string of the molecule is CCCc1nc(NCC)c(C)c(NC(CC)CC2CC2)n1. The van der Waals surface area contributed by atoms with Crippen LogP contribution < -0.4 is 10.6 Å². The average molecular weight is 290 g/mol. The maximum Gasteiger partial charge on any atom is 0.134 e. The Morgan fingerprint density at radius 1 is 1.14 bits per heavy atom. The van der Waals surface area contributed by atoms with Gasteiger partial charge in [-0.15, -0.1) is 0 Å². The molecule has 0 saturated heterocycles. The van der Waals surface area contributed by atoms with Crippen molar-refractivity contribution in [3.8, 4) is 0 Å². The Morgan fingerprint density at radius 2 is 1.86 bits per heavy atom. The van der Waals surface area contributed by atoms with Gasteiger partial charge in [-0.1, -0.05) is 26.7 Å². The number of hydrogen-bond donors (Lipinski definition) is 2. The number of nitrogens with zero attached hydrogens (tertiary/aromatic N) is 2. The van der Waals surface area contributed by atoms with Crippen molar-refractivity contribution < 1.29 is 0 Å². The van der Waals surface area contributed by atoms with E-state index in [2.05, 4.69) is 43.3 Å². The lowest BCUT2D eigenvalue weighted by molar-refractivity contribution is 0.584. The molecule has 1 heterocycles. The summed E-state index contributed by atoms with van der Waals surface area (Å²) >= 11 is 0. The zero-order valence-corrected chi connectivity index (χ0v) is 14.0. The number of nitrogens with one attached hydrogen (secondary N) is 2. The molecule has 21 heavy (non-hydrogen) atoms. The number of anilines is 2. The molecule has 0 radical (unpaired) electrons. The third-order valence-corrected chi connectivity index (χ3v) is 4.16. The van der Waals surface area contributed by atoms with Gasteiger partial charge in [0.05, 0.1) is 0 Å². The fourth-order valence-corrected chi connectivity index (χ4v) is 2.66. The third kappa shape index (κ3) is 4.58. The Bertz CT molecular complexity index is 454. The number of hydrogen-bond acceptors (Lipinski definition) is 4. The van der Waals surface area contributed by atoms with Crippen molar-refractivity contribution in [3.63, 3.8) is 0 Å². The van der Waals surface area contributed by atoms with Crippen molar-refractivity contribution in [2.75, 3.05) is 17.2 Å². The predicted octanol–water partition coefficient (Wildman–Crippen LogP) is 4.16. The highest BCUT2D eigenvalue weighted by Gasteiger charge is 2.25. The minimum absolute atomic E-state index is 0.537. The highest BCUT2D eigenvalue weighted by Crippen LogP contribution is 2.35. The lowest BCUT2D eigenvalue weighted by atomic mass is 10.1. The van der Waals surface area contributed by atoms with Gasteiger partial charge < -0.3 is 10.6 Å². The minimum Gasteiger partial charge on any atom is -0.370 e. The van der Waals surface area contributed by atoms with Crippen molar-refractivity contribution in [2.24, 2.45) is 5.92 Å². The second-order valence-corrected chi connectivity index (χ2v) is 6.17. The minimum atomic E-state index is 0.537. The predicted molar refractivity (Wildman–Crippen MR) is 90.0 cm³/mol. The Hall–Kier alpha value is -1.32. The van der Waals surface area contributed by atoms with Crippen LogP contribution in [0.25, 0.3) is 0 Å². The average Bonchev–Trinajstić information content (AvgIpc) is 3.27. The first-order chi connectivity index (χ1) is 10.2. The van der Waals surface area contributed by atoms with E-state index < -0.39 is 0 Å². The van der Waals surface area contributed by atoms with Crippen LogP contribution in [-0.2, 0) is 6.42 Å². The first kappa shape index (κ1) is 16.1. The van der Waals surface area contributed by atoms with Gasteiger partial charge in [0.15, 0.2) is 0 Å². The fraction of sp³-hybridized carbons (Fsp3) is 0.765. The van der Waals surface area contributed by atoms with E-state index >= 15 is 0 Å². The lowest BCUT2D eigenvalue weighted by Gasteiger charge is -2.20. The van der Waals surface area contributed by atoms with Crippen molar-refractivity contribution in [1.82, 2.24) is 9.97 Å². The molecule has 0 spiro atoms. The van der Waals surface area contributed by atoms with Gasteiger partial charge in [-0.3, -0.25) is 0 Å². The van der Waals surface area contributed by atoms with Crippen LogP contribution in [0.4, 0.5) is 11.6 Å². The van der Waals surface area contributed by atoms with Crippen LogP contribution in [0.3, 0.4) is 0 Å². The van der Waals surface area contributed by atoms with E-state index in [1.165, 1.54) is 19.3 Å². The van der Waals surface area contributed by atoms with Gasteiger partial charge >= 0.3 is 0 Å². The molecule has 0 aliphatic heterocycles. The Labute approximate surface area is 129 Å². The van der Waals surface area contributed by atoms with E-state index in [9.17, 15) is 0 Å². The Balaban J connectivity index is 2.17. The highest BCUT2D eigenvalue weighted by atomic mass is 15.1. The molecule has 1 aromatic rings. The van der Waals surface area contributed by atoms with Gasteiger partial charge in [0.25, 0.3) is 0 Å². The Morgan fingerprint density at radius 3 is 2.43 bits per heavy atom. The summed E-state index contributed by atoms with van der Waals surface area (Å²) in [6.07, 6.45) is 7.26. The zero-order valence-electron chi connectivity index (χ0n) is 14.0. The molecule has 0 bridgehead atoms. The molecular formula is C17H30N4. The van der Waals surface area contributed by atoms with E-state index in [4.69, 9.17) is 4.98 Å². The first-order valence-electron chi connectivity index (χ1n) is 8.55. The Kier molecular flexibility index (Phi) is 5.83. The van der Waals surface area contributed by atoms with E-state index in [0.717, 1.165) is 54.7 Å². The molecule has 2 N–H and O–H groups in total. The summed E-state index contributed by atoms with van der Waals surface area (Å²) in [5.41, 5.74) is 1.14. The molecule has 1 aromatic heterocycles. The van der Waals surface area contributed by atoms with Gasteiger partial charge in [-0.05, 0) is 39.0 Å². The van der Waals surface area contributed by atoms with Gasteiger partial charge in [0, 0.05) is 24.6 Å².